The van der Waals surface area contributed by atoms with Crippen molar-refractivity contribution in [1.82, 2.24) is 4.98 Å². The lowest BCUT2D eigenvalue weighted by Crippen LogP contribution is -2.22. The van der Waals surface area contributed by atoms with Crippen molar-refractivity contribution >= 4 is 46.3 Å². The molecule has 2 rings (SSSR count). The zero-order valence-corrected chi connectivity index (χ0v) is 12.9. The maximum atomic E-state index is 12.0. The number of hydrogen-bond acceptors (Lipinski definition) is 4. The lowest BCUT2D eigenvalue weighted by atomic mass is 10.3. The highest BCUT2D eigenvalue weighted by atomic mass is 35.5. The summed E-state index contributed by atoms with van der Waals surface area (Å²) in [5.41, 5.74) is 1.69. The van der Waals surface area contributed by atoms with Gasteiger partial charge in [0.1, 0.15) is 0 Å². The number of hydrogen-bond donors (Lipinski definition) is 1. The molecule has 0 spiro atoms. The number of nitrogens with one attached hydrogen (secondary N) is 1. The third-order valence-electron chi connectivity index (χ3n) is 2.34. The molecule has 1 atom stereocenters. The molecule has 6 heteroatoms. The molecule has 1 aromatic heterocycles. The predicted octanol–water partition coefficient (Wildman–Crippen LogP) is 4.22. The predicted molar refractivity (Wildman–Crippen MR) is 82.3 cm³/mol. The zero-order valence-electron chi connectivity index (χ0n) is 10.5. The van der Waals surface area contributed by atoms with E-state index in [1.54, 1.807) is 29.5 Å². The van der Waals surface area contributed by atoms with Crippen LogP contribution in [0.3, 0.4) is 0 Å². The summed E-state index contributed by atoms with van der Waals surface area (Å²) in [6.07, 6.45) is 0. The number of thiazole rings is 1. The Morgan fingerprint density at radius 3 is 2.95 bits per heavy atom. The van der Waals surface area contributed by atoms with Crippen molar-refractivity contribution in [2.24, 2.45) is 0 Å². The van der Waals surface area contributed by atoms with Crippen LogP contribution in [-0.4, -0.2) is 16.1 Å². The fourth-order valence-corrected chi connectivity index (χ4v) is 3.58. The fourth-order valence-electron chi connectivity index (χ4n) is 1.40. The van der Waals surface area contributed by atoms with Crippen molar-refractivity contribution in [2.75, 3.05) is 5.32 Å². The van der Waals surface area contributed by atoms with Gasteiger partial charge in [0.25, 0.3) is 0 Å². The average molecular weight is 313 g/mol. The molecule has 100 valence electrons. The Morgan fingerprint density at radius 2 is 2.32 bits per heavy atom. The summed E-state index contributed by atoms with van der Waals surface area (Å²) < 4.78 is 0.909. The number of aryl methyl sites for hydroxylation is 1. The lowest BCUT2D eigenvalue weighted by Gasteiger charge is -2.10. The van der Waals surface area contributed by atoms with Gasteiger partial charge in [-0.05, 0) is 32.0 Å². The monoisotopic (exact) mass is 312 g/mol. The number of aromatic nitrogens is 1. The van der Waals surface area contributed by atoms with Crippen LogP contribution in [0.25, 0.3) is 0 Å². The van der Waals surface area contributed by atoms with Crippen LogP contribution in [0.15, 0.2) is 34.0 Å². The van der Waals surface area contributed by atoms with Crippen LogP contribution in [0.2, 0.25) is 5.02 Å². The topological polar surface area (TPSA) is 42.0 Å². The minimum absolute atomic E-state index is 0.0554. The second-order valence-corrected chi connectivity index (χ2v) is 6.90. The van der Waals surface area contributed by atoms with Crippen molar-refractivity contribution < 1.29 is 4.79 Å². The molecule has 0 aliphatic heterocycles. The highest BCUT2D eigenvalue weighted by Crippen LogP contribution is 2.27. The Morgan fingerprint density at radius 1 is 1.53 bits per heavy atom. The summed E-state index contributed by atoms with van der Waals surface area (Å²) in [5.74, 6) is -0.0554. The molecule has 0 saturated heterocycles. The summed E-state index contributed by atoms with van der Waals surface area (Å²) >= 11 is 8.89. The molecular weight excluding hydrogens is 300 g/mol. The minimum atomic E-state index is -0.204. The van der Waals surface area contributed by atoms with Crippen LogP contribution in [0.4, 0.5) is 5.69 Å². The minimum Gasteiger partial charge on any atom is -0.325 e. The van der Waals surface area contributed by atoms with Gasteiger partial charge in [-0.2, -0.15) is 0 Å². The number of thioether (sulfide) groups is 1. The Bertz CT molecular complexity index is 586. The molecule has 0 aliphatic carbocycles. The molecule has 3 nitrogen and oxygen atoms in total. The van der Waals surface area contributed by atoms with E-state index in [9.17, 15) is 4.79 Å². The molecule has 0 aliphatic rings. The van der Waals surface area contributed by atoms with Gasteiger partial charge >= 0.3 is 0 Å². The molecule has 0 fully saturated rings. The van der Waals surface area contributed by atoms with Gasteiger partial charge in [-0.15, -0.1) is 11.3 Å². The number of anilines is 1. The number of halogens is 1. The van der Waals surface area contributed by atoms with Gasteiger partial charge < -0.3 is 5.32 Å². The van der Waals surface area contributed by atoms with Gasteiger partial charge in [0, 0.05) is 21.8 Å². The van der Waals surface area contributed by atoms with Crippen LogP contribution in [0.5, 0.6) is 0 Å². The van der Waals surface area contributed by atoms with Crippen molar-refractivity contribution in [2.45, 2.75) is 23.4 Å². The van der Waals surface area contributed by atoms with E-state index in [1.807, 2.05) is 25.3 Å². The number of carbonyl (C=O) groups excluding carboxylic acids is 1. The summed E-state index contributed by atoms with van der Waals surface area (Å²) in [6, 6.07) is 7.12. The molecule has 0 unspecified atom stereocenters. The third-order valence-corrected chi connectivity index (χ3v) is 4.76. The molecule has 0 bridgehead atoms. The number of benzene rings is 1. The molecule has 0 saturated carbocycles. The average Bonchev–Trinajstić information content (AvgIpc) is 2.74. The Hall–Kier alpha value is -1.04. The molecule has 1 amide bonds. The number of nitrogens with zero attached hydrogens (tertiary/aromatic N) is 1. The van der Waals surface area contributed by atoms with Crippen LogP contribution in [0.1, 0.15) is 12.6 Å². The lowest BCUT2D eigenvalue weighted by molar-refractivity contribution is -0.115. The van der Waals surface area contributed by atoms with Crippen molar-refractivity contribution in [3.63, 3.8) is 0 Å². The Labute approximate surface area is 125 Å². The molecule has 19 heavy (non-hydrogen) atoms. The molecule has 1 aromatic carbocycles. The van der Waals surface area contributed by atoms with Crippen LogP contribution >= 0.6 is 34.7 Å². The second kappa shape index (κ2) is 6.41. The van der Waals surface area contributed by atoms with E-state index < -0.39 is 0 Å². The van der Waals surface area contributed by atoms with Gasteiger partial charge in [0.15, 0.2) is 4.34 Å². The van der Waals surface area contributed by atoms with Gasteiger partial charge in [-0.25, -0.2) is 4.98 Å². The van der Waals surface area contributed by atoms with Crippen molar-refractivity contribution in [1.29, 1.82) is 0 Å². The van der Waals surface area contributed by atoms with Crippen molar-refractivity contribution in [3.05, 3.63) is 40.4 Å². The van der Waals surface area contributed by atoms with Crippen LogP contribution < -0.4 is 5.32 Å². The Kier molecular flexibility index (Phi) is 4.85. The number of carbonyl (C=O) groups is 1. The van der Waals surface area contributed by atoms with Gasteiger partial charge in [-0.3, -0.25) is 4.79 Å². The molecule has 2 aromatic rings. The number of rotatable bonds is 4. The zero-order chi connectivity index (χ0) is 13.8. The third kappa shape index (κ3) is 4.23. The van der Waals surface area contributed by atoms with Gasteiger partial charge in [-0.1, -0.05) is 29.4 Å². The highest BCUT2D eigenvalue weighted by molar-refractivity contribution is 8.02. The summed E-state index contributed by atoms with van der Waals surface area (Å²) in [5, 5.41) is 5.22. The van der Waals surface area contributed by atoms with Gasteiger partial charge in [0.2, 0.25) is 5.91 Å². The second-order valence-electron chi connectivity index (χ2n) is 4.01. The van der Waals surface area contributed by atoms with E-state index in [-0.39, 0.29) is 11.2 Å². The largest absolute Gasteiger partial charge is 0.325 e. The van der Waals surface area contributed by atoms with E-state index in [1.165, 1.54) is 11.8 Å². The molecular formula is C13H13ClN2OS2. The van der Waals surface area contributed by atoms with Crippen LogP contribution in [0, 0.1) is 6.92 Å². The quantitative estimate of drug-likeness (QED) is 0.859. The van der Waals surface area contributed by atoms with Crippen molar-refractivity contribution in [3.8, 4) is 0 Å². The molecule has 1 N–H and O–H groups in total. The van der Waals surface area contributed by atoms with Crippen LogP contribution in [-0.2, 0) is 4.79 Å². The fraction of sp³-hybridized carbons (Fsp3) is 0.231. The van der Waals surface area contributed by atoms with E-state index in [4.69, 9.17) is 11.6 Å². The first kappa shape index (κ1) is 14.4. The van der Waals surface area contributed by atoms with Gasteiger partial charge in [0.05, 0.1) is 5.25 Å². The van der Waals surface area contributed by atoms with E-state index in [2.05, 4.69) is 10.3 Å². The van der Waals surface area contributed by atoms with E-state index in [0.717, 1.165) is 10.0 Å². The summed E-state index contributed by atoms with van der Waals surface area (Å²) in [6.45, 7) is 3.80. The first-order valence-electron chi connectivity index (χ1n) is 5.70. The molecule has 0 radical (unpaired) electrons. The standard InChI is InChI=1S/C13H13ClN2OS2/c1-8-7-18-13(15-8)19-9(2)12(17)16-11-5-3-4-10(14)6-11/h3-7,9H,1-2H3,(H,16,17)/t9-/m0/s1. The van der Waals surface area contributed by atoms with E-state index in [0.29, 0.717) is 10.7 Å². The molecule has 1 heterocycles. The Balaban J connectivity index is 1.96. The number of amides is 1. The first-order valence-corrected chi connectivity index (χ1v) is 7.83. The SMILES string of the molecule is Cc1csc(S[C@@H](C)C(=O)Nc2cccc(Cl)c2)n1. The normalized spacial score (nSPS) is 12.2. The summed E-state index contributed by atoms with van der Waals surface area (Å²) in [7, 11) is 0. The maximum Gasteiger partial charge on any atom is 0.237 e. The van der Waals surface area contributed by atoms with E-state index >= 15 is 0 Å². The highest BCUT2D eigenvalue weighted by Gasteiger charge is 2.16. The smallest absolute Gasteiger partial charge is 0.237 e. The first-order chi connectivity index (χ1) is 9.04. The summed E-state index contributed by atoms with van der Waals surface area (Å²) in [4.78, 5) is 16.4. The maximum absolute atomic E-state index is 12.0.